The summed E-state index contributed by atoms with van der Waals surface area (Å²) >= 11 is 1.43. The van der Waals surface area contributed by atoms with E-state index < -0.39 is 0 Å². The Kier molecular flexibility index (Phi) is 7.42. The normalized spacial score (nSPS) is 10.7. The molecule has 2 aromatic heterocycles. The van der Waals surface area contributed by atoms with E-state index in [1.807, 2.05) is 53.2 Å². The Bertz CT molecular complexity index is 1210. The Morgan fingerprint density at radius 2 is 1.88 bits per heavy atom. The molecule has 0 bridgehead atoms. The lowest BCUT2D eigenvalue weighted by atomic mass is 10.1. The second-order valence-electron chi connectivity index (χ2n) is 7.66. The first kappa shape index (κ1) is 22.6. The third kappa shape index (κ3) is 6.02. The molecule has 0 spiro atoms. The van der Waals surface area contributed by atoms with Crippen molar-refractivity contribution in [2.45, 2.75) is 32.2 Å². The van der Waals surface area contributed by atoms with Crippen molar-refractivity contribution < 1.29 is 9.53 Å². The fraction of sp³-hybridized carbons (Fsp3) is 0.192. The number of hydrogen-bond acceptors (Lipinski definition) is 5. The maximum absolute atomic E-state index is 12.4. The number of hydrogen-bond donors (Lipinski definition) is 1. The number of benzene rings is 2. The average Bonchev–Trinajstić information content (AvgIpc) is 3.31. The van der Waals surface area contributed by atoms with E-state index in [4.69, 9.17) is 4.74 Å². The van der Waals surface area contributed by atoms with Crippen molar-refractivity contribution in [3.8, 4) is 11.4 Å². The molecule has 7 heteroatoms. The molecule has 0 fully saturated rings. The van der Waals surface area contributed by atoms with Crippen LogP contribution in [0.25, 0.3) is 5.69 Å². The fourth-order valence-electron chi connectivity index (χ4n) is 3.31. The first-order valence-corrected chi connectivity index (χ1v) is 11.7. The molecule has 168 valence electrons. The number of thioether (sulfide) groups is 1. The predicted molar refractivity (Wildman–Crippen MR) is 131 cm³/mol. The van der Waals surface area contributed by atoms with Crippen molar-refractivity contribution >= 4 is 17.7 Å². The number of pyridine rings is 1. The molecule has 1 amide bonds. The maximum atomic E-state index is 12.4. The number of carbonyl (C=O) groups is 1. The summed E-state index contributed by atoms with van der Waals surface area (Å²) in [5.41, 5.74) is 5.54. The SMILES string of the molecule is Cc1cccc(-n2ccnc2SCC(=O)NCc2ccc(OCc3cccnc3)cc2)c1C. The molecule has 33 heavy (non-hydrogen) atoms. The molecular formula is C26H26N4O2S. The molecule has 0 saturated heterocycles. The zero-order chi connectivity index (χ0) is 23.0. The minimum absolute atomic E-state index is 0.0348. The van der Waals surface area contributed by atoms with Crippen LogP contribution in [-0.4, -0.2) is 26.2 Å². The number of rotatable bonds is 9. The smallest absolute Gasteiger partial charge is 0.230 e. The van der Waals surface area contributed by atoms with E-state index in [9.17, 15) is 4.79 Å². The van der Waals surface area contributed by atoms with Crippen molar-refractivity contribution in [1.82, 2.24) is 19.9 Å². The molecule has 6 nitrogen and oxygen atoms in total. The van der Waals surface area contributed by atoms with E-state index in [0.29, 0.717) is 18.9 Å². The predicted octanol–water partition coefficient (Wildman–Crippen LogP) is 4.87. The summed E-state index contributed by atoms with van der Waals surface area (Å²) in [7, 11) is 0. The summed E-state index contributed by atoms with van der Waals surface area (Å²) in [4.78, 5) is 20.9. The maximum Gasteiger partial charge on any atom is 0.230 e. The quantitative estimate of drug-likeness (QED) is 0.362. The van der Waals surface area contributed by atoms with Gasteiger partial charge < -0.3 is 10.1 Å². The van der Waals surface area contributed by atoms with E-state index in [1.165, 1.54) is 22.9 Å². The Morgan fingerprint density at radius 1 is 1.03 bits per heavy atom. The van der Waals surface area contributed by atoms with Gasteiger partial charge in [0.05, 0.1) is 11.4 Å². The molecule has 0 radical (unpaired) electrons. The van der Waals surface area contributed by atoms with Crippen molar-refractivity contribution in [3.63, 3.8) is 0 Å². The molecule has 2 heterocycles. The Labute approximate surface area is 198 Å². The minimum atomic E-state index is -0.0348. The number of ether oxygens (including phenoxy) is 1. The van der Waals surface area contributed by atoms with Crippen LogP contribution < -0.4 is 10.1 Å². The molecule has 0 unspecified atom stereocenters. The summed E-state index contributed by atoms with van der Waals surface area (Å²) in [6.07, 6.45) is 7.22. The third-order valence-corrected chi connectivity index (χ3v) is 6.28. The molecule has 4 rings (SSSR count). The first-order chi connectivity index (χ1) is 16.1. The van der Waals surface area contributed by atoms with E-state index in [1.54, 1.807) is 18.6 Å². The number of amides is 1. The van der Waals surface area contributed by atoms with Crippen molar-refractivity contribution in [1.29, 1.82) is 0 Å². The van der Waals surface area contributed by atoms with E-state index >= 15 is 0 Å². The number of imidazole rings is 1. The lowest BCUT2D eigenvalue weighted by Gasteiger charge is -2.12. The van der Waals surface area contributed by atoms with Gasteiger partial charge in [0.25, 0.3) is 0 Å². The number of nitrogens with zero attached hydrogens (tertiary/aromatic N) is 3. The van der Waals surface area contributed by atoms with Crippen molar-refractivity contribution in [2.75, 3.05) is 5.75 Å². The van der Waals surface area contributed by atoms with Crippen LogP contribution in [0.2, 0.25) is 0 Å². The van der Waals surface area contributed by atoms with Gasteiger partial charge in [-0.05, 0) is 54.8 Å². The number of carbonyl (C=O) groups excluding carboxylic acids is 1. The van der Waals surface area contributed by atoms with Crippen LogP contribution in [0.15, 0.2) is 84.5 Å². The van der Waals surface area contributed by atoms with Gasteiger partial charge >= 0.3 is 0 Å². The zero-order valence-corrected chi connectivity index (χ0v) is 19.5. The van der Waals surface area contributed by atoms with E-state index in [0.717, 1.165) is 27.7 Å². The van der Waals surface area contributed by atoms with Crippen LogP contribution in [0.4, 0.5) is 0 Å². The molecule has 1 N–H and O–H groups in total. The van der Waals surface area contributed by atoms with Gasteiger partial charge in [-0.25, -0.2) is 4.98 Å². The fourth-order valence-corrected chi connectivity index (χ4v) is 4.11. The van der Waals surface area contributed by atoms with Gasteiger partial charge in [0.15, 0.2) is 5.16 Å². The molecule has 2 aromatic carbocycles. The average molecular weight is 459 g/mol. The van der Waals surface area contributed by atoms with Gasteiger partial charge in [0, 0.05) is 36.9 Å². The second kappa shape index (κ2) is 10.8. The van der Waals surface area contributed by atoms with Gasteiger partial charge in [0.2, 0.25) is 5.91 Å². The van der Waals surface area contributed by atoms with Crippen molar-refractivity contribution in [3.05, 3.63) is 102 Å². The molecular weight excluding hydrogens is 432 g/mol. The topological polar surface area (TPSA) is 69.0 Å². The van der Waals surface area contributed by atoms with Gasteiger partial charge in [0.1, 0.15) is 12.4 Å². The minimum Gasteiger partial charge on any atom is -0.489 e. The summed E-state index contributed by atoms with van der Waals surface area (Å²) < 4.78 is 7.81. The zero-order valence-electron chi connectivity index (χ0n) is 18.7. The molecule has 0 atom stereocenters. The largest absolute Gasteiger partial charge is 0.489 e. The number of aromatic nitrogens is 3. The third-order valence-electron chi connectivity index (χ3n) is 5.32. The highest BCUT2D eigenvalue weighted by molar-refractivity contribution is 7.99. The van der Waals surface area contributed by atoms with E-state index in [2.05, 4.69) is 41.3 Å². The number of aryl methyl sites for hydroxylation is 1. The van der Waals surface area contributed by atoms with Crippen LogP contribution in [0.3, 0.4) is 0 Å². The number of nitrogens with one attached hydrogen (secondary N) is 1. The first-order valence-electron chi connectivity index (χ1n) is 10.7. The highest BCUT2D eigenvalue weighted by atomic mass is 32.2. The highest BCUT2D eigenvalue weighted by Gasteiger charge is 2.11. The van der Waals surface area contributed by atoms with Gasteiger partial charge in [-0.3, -0.25) is 14.3 Å². The van der Waals surface area contributed by atoms with Crippen LogP contribution in [0.5, 0.6) is 5.75 Å². The van der Waals surface area contributed by atoms with Gasteiger partial charge in [-0.2, -0.15) is 0 Å². The van der Waals surface area contributed by atoms with Gasteiger partial charge in [-0.1, -0.05) is 42.1 Å². The van der Waals surface area contributed by atoms with Crippen LogP contribution in [-0.2, 0) is 17.9 Å². The Balaban J connectivity index is 1.26. The molecule has 4 aromatic rings. The Morgan fingerprint density at radius 3 is 2.67 bits per heavy atom. The highest BCUT2D eigenvalue weighted by Crippen LogP contribution is 2.24. The summed E-state index contributed by atoms with van der Waals surface area (Å²) in [5.74, 6) is 1.05. The van der Waals surface area contributed by atoms with Crippen LogP contribution in [0.1, 0.15) is 22.3 Å². The standard InChI is InChI=1S/C26H26N4O2S/c1-19-5-3-7-24(20(19)2)30-14-13-28-26(30)33-18-25(31)29-16-21-8-10-23(11-9-21)32-17-22-6-4-12-27-15-22/h3-15H,16-18H2,1-2H3,(H,29,31). The molecule has 0 aliphatic carbocycles. The van der Waals surface area contributed by atoms with E-state index in [-0.39, 0.29) is 5.91 Å². The van der Waals surface area contributed by atoms with Crippen molar-refractivity contribution in [2.24, 2.45) is 0 Å². The summed E-state index contributed by atoms with van der Waals surface area (Å²) in [5, 5.41) is 3.77. The molecule has 0 aliphatic rings. The summed E-state index contributed by atoms with van der Waals surface area (Å²) in [6, 6.07) is 17.8. The van der Waals surface area contributed by atoms with Gasteiger partial charge in [-0.15, -0.1) is 0 Å². The molecule has 0 aliphatic heterocycles. The lowest BCUT2D eigenvalue weighted by Crippen LogP contribution is -2.24. The van der Waals surface area contributed by atoms with Crippen LogP contribution >= 0.6 is 11.8 Å². The van der Waals surface area contributed by atoms with Crippen LogP contribution in [0, 0.1) is 13.8 Å². The second-order valence-corrected chi connectivity index (χ2v) is 8.60. The Hall–Kier alpha value is -3.58. The summed E-state index contributed by atoms with van der Waals surface area (Å²) in [6.45, 7) is 5.13. The molecule has 0 saturated carbocycles. The monoisotopic (exact) mass is 458 g/mol. The lowest BCUT2D eigenvalue weighted by molar-refractivity contribution is -0.118.